The Morgan fingerprint density at radius 1 is 1.29 bits per heavy atom. The van der Waals surface area contributed by atoms with Gasteiger partial charge in [0.2, 0.25) is 9.84 Å². The predicted octanol–water partition coefficient (Wildman–Crippen LogP) is 3.47. The molecule has 0 aliphatic rings. The van der Waals surface area contributed by atoms with E-state index >= 15 is 0 Å². The molecule has 148 valence electrons. The van der Waals surface area contributed by atoms with Crippen molar-refractivity contribution in [2.45, 2.75) is 17.6 Å². The number of hydrogen-bond donors (Lipinski definition) is 2. The van der Waals surface area contributed by atoms with Crippen LogP contribution in [0.3, 0.4) is 0 Å². The van der Waals surface area contributed by atoms with E-state index < -0.39 is 9.84 Å². The second-order valence-electron chi connectivity index (χ2n) is 5.86. The van der Waals surface area contributed by atoms with Crippen molar-refractivity contribution in [3.8, 4) is 12.3 Å². The number of hydrogen-bond acceptors (Lipinski definition) is 6. The summed E-state index contributed by atoms with van der Waals surface area (Å²) in [4.78, 5) is 4.57. The zero-order chi connectivity index (χ0) is 20.4. The monoisotopic (exact) mass is 479 g/mol. The molecule has 0 unspecified atom stereocenters. The molecule has 2 aromatic rings. The highest BCUT2D eigenvalue weighted by atomic mass is 79.9. The van der Waals surface area contributed by atoms with E-state index in [-0.39, 0.29) is 11.4 Å². The molecule has 0 spiro atoms. The third-order valence-electron chi connectivity index (χ3n) is 3.64. The number of terminal acetylenes is 1. The number of pyridine rings is 1. The normalized spacial score (nSPS) is 11.7. The Kier molecular flexibility index (Phi) is 8.90. The minimum atomic E-state index is -3.58. The maximum absolute atomic E-state index is 12.6. The minimum Gasteiger partial charge on any atom is -0.370 e. The maximum Gasteiger partial charge on any atom is 0.203 e. The van der Waals surface area contributed by atoms with E-state index in [2.05, 4.69) is 37.5 Å². The highest BCUT2D eigenvalue weighted by molar-refractivity contribution is 9.10. The van der Waals surface area contributed by atoms with Gasteiger partial charge in [-0.15, -0.1) is 6.42 Å². The van der Waals surface area contributed by atoms with E-state index in [4.69, 9.17) is 6.42 Å². The first kappa shape index (κ1) is 22.3. The molecule has 0 aliphatic heterocycles. The van der Waals surface area contributed by atoms with Crippen LogP contribution < -0.4 is 10.6 Å². The van der Waals surface area contributed by atoms with Crippen molar-refractivity contribution in [3.05, 3.63) is 69.6 Å². The van der Waals surface area contributed by atoms with Crippen molar-refractivity contribution in [1.29, 1.82) is 0 Å². The number of sulfone groups is 1. The van der Waals surface area contributed by atoms with Gasteiger partial charge in [-0.3, -0.25) is 4.98 Å². The second kappa shape index (κ2) is 11.1. The molecule has 1 aromatic heterocycles. The fraction of sp³-hybridized carbons (Fsp3) is 0.250. The fourth-order valence-corrected chi connectivity index (χ4v) is 4.72. The highest BCUT2D eigenvalue weighted by Crippen LogP contribution is 2.19. The van der Waals surface area contributed by atoms with Gasteiger partial charge in [-0.05, 0) is 47.1 Å². The Labute approximate surface area is 179 Å². The second-order valence-corrected chi connectivity index (χ2v) is 9.62. The van der Waals surface area contributed by atoms with Crippen LogP contribution in [0.5, 0.6) is 0 Å². The molecule has 0 bridgehead atoms. The molecule has 0 aliphatic carbocycles. The summed E-state index contributed by atoms with van der Waals surface area (Å²) in [5.74, 6) is 4.39. The van der Waals surface area contributed by atoms with Gasteiger partial charge in [-0.1, -0.05) is 23.6 Å². The first-order valence-corrected chi connectivity index (χ1v) is 12.0. The number of nitrogens with zero attached hydrogens (tertiary/aromatic N) is 1. The zero-order valence-corrected chi connectivity index (χ0v) is 18.7. The van der Waals surface area contributed by atoms with Gasteiger partial charge in [0.15, 0.2) is 0 Å². The Bertz CT molecular complexity index is 952. The molecule has 8 heteroatoms. The summed E-state index contributed by atoms with van der Waals surface area (Å²) in [7, 11) is -3.58. The molecule has 2 rings (SSSR count). The molecule has 0 saturated carbocycles. The molecule has 1 heterocycles. The lowest BCUT2D eigenvalue weighted by Crippen LogP contribution is -2.29. The number of aryl methyl sites for hydroxylation is 1. The standard InChI is InChI=1S/C20H22BrN3O2S2/c1-3-10-23-20(15-28(25,26)17-8-6-16(2)7-9-17)24-12-13-27-14-19-18(21)5-4-11-22-19/h1,4-9,11,15,23-24H,10,12-14H2,2H3/b20-15-. The topological polar surface area (TPSA) is 71.1 Å². The first-order chi connectivity index (χ1) is 13.4. The fourth-order valence-electron chi connectivity index (χ4n) is 2.19. The van der Waals surface area contributed by atoms with Crippen molar-refractivity contribution < 1.29 is 8.42 Å². The largest absolute Gasteiger partial charge is 0.370 e. The molecule has 2 N–H and O–H groups in total. The summed E-state index contributed by atoms with van der Waals surface area (Å²) >= 11 is 5.18. The summed E-state index contributed by atoms with van der Waals surface area (Å²) in [6, 6.07) is 10.6. The van der Waals surface area contributed by atoms with Gasteiger partial charge in [-0.2, -0.15) is 11.8 Å². The lowest BCUT2D eigenvalue weighted by atomic mass is 10.2. The Morgan fingerprint density at radius 3 is 2.71 bits per heavy atom. The van der Waals surface area contributed by atoms with E-state index in [1.54, 1.807) is 42.2 Å². The summed E-state index contributed by atoms with van der Waals surface area (Å²) in [6.45, 7) is 2.73. The smallest absolute Gasteiger partial charge is 0.203 e. The SMILES string of the molecule is C#CCN/C(=C/S(=O)(=O)c1ccc(C)cc1)NCCSCc1ncccc1Br. The molecule has 0 amide bonds. The summed E-state index contributed by atoms with van der Waals surface area (Å²) in [6.07, 6.45) is 7.05. The minimum absolute atomic E-state index is 0.232. The van der Waals surface area contributed by atoms with E-state index in [0.29, 0.717) is 12.4 Å². The molecule has 0 fully saturated rings. The Hall–Kier alpha value is -1.95. The molecular formula is C20H22BrN3O2S2. The summed E-state index contributed by atoms with van der Waals surface area (Å²) < 4.78 is 26.2. The average Bonchev–Trinajstić information content (AvgIpc) is 2.67. The van der Waals surface area contributed by atoms with E-state index in [9.17, 15) is 8.42 Å². The maximum atomic E-state index is 12.6. The number of aromatic nitrogens is 1. The van der Waals surface area contributed by atoms with E-state index in [1.807, 2.05) is 19.1 Å². The number of nitrogens with one attached hydrogen (secondary N) is 2. The number of benzene rings is 1. The number of rotatable bonds is 10. The van der Waals surface area contributed by atoms with Crippen LogP contribution in [0, 0.1) is 19.3 Å². The molecule has 5 nitrogen and oxygen atoms in total. The first-order valence-electron chi connectivity index (χ1n) is 8.54. The molecule has 28 heavy (non-hydrogen) atoms. The van der Waals surface area contributed by atoms with Crippen LogP contribution in [0.4, 0.5) is 0 Å². The van der Waals surface area contributed by atoms with Crippen molar-refractivity contribution in [2.24, 2.45) is 0 Å². The predicted molar refractivity (Wildman–Crippen MR) is 119 cm³/mol. The van der Waals surface area contributed by atoms with Gasteiger partial charge in [0, 0.05) is 28.7 Å². The molecule has 1 aromatic carbocycles. The van der Waals surface area contributed by atoms with E-state index in [1.165, 1.54) is 5.41 Å². The molecule has 0 radical (unpaired) electrons. The highest BCUT2D eigenvalue weighted by Gasteiger charge is 2.12. The molecular weight excluding hydrogens is 458 g/mol. The van der Waals surface area contributed by atoms with Crippen molar-refractivity contribution in [1.82, 2.24) is 15.6 Å². The lowest BCUT2D eigenvalue weighted by Gasteiger charge is -2.12. The average molecular weight is 480 g/mol. The van der Waals surface area contributed by atoms with Crippen LogP contribution in [-0.2, 0) is 15.6 Å². The van der Waals surface area contributed by atoms with Crippen LogP contribution in [-0.4, -0.2) is 32.2 Å². The van der Waals surface area contributed by atoms with Crippen molar-refractivity contribution in [3.63, 3.8) is 0 Å². The van der Waals surface area contributed by atoms with Crippen LogP contribution in [0.2, 0.25) is 0 Å². The Balaban J connectivity index is 1.95. The van der Waals surface area contributed by atoms with Gasteiger partial charge < -0.3 is 10.6 Å². The Morgan fingerprint density at radius 2 is 2.04 bits per heavy atom. The van der Waals surface area contributed by atoms with Crippen LogP contribution in [0.1, 0.15) is 11.3 Å². The third kappa shape index (κ3) is 7.23. The van der Waals surface area contributed by atoms with Gasteiger partial charge in [0.1, 0.15) is 5.82 Å². The van der Waals surface area contributed by atoms with Crippen LogP contribution >= 0.6 is 27.7 Å². The van der Waals surface area contributed by atoms with Gasteiger partial charge in [0.25, 0.3) is 0 Å². The zero-order valence-electron chi connectivity index (χ0n) is 15.5. The summed E-state index contributed by atoms with van der Waals surface area (Å²) in [5.41, 5.74) is 1.99. The van der Waals surface area contributed by atoms with E-state index in [0.717, 1.165) is 27.2 Å². The molecule has 0 saturated heterocycles. The lowest BCUT2D eigenvalue weighted by molar-refractivity contribution is 0.603. The molecule has 0 atom stereocenters. The quantitative estimate of drug-likeness (QED) is 0.401. The van der Waals surface area contributed by atoms with Gasteiger partial charge in [0.05, 0.1) is 22.5 Å². The van der Waals surface area contributed by atoms with Crippen molar-refractivity contribution >= 4 is 37.5 Å². The van der Waals surface area contributed by atoms with Crippen molar-refractivity contribution in [2.75, 3.05) is 18.8 Å². The number of thioether (sulfide) groups is 1. The van der Waals surface area contributed by atoms with Gasteiger partial charge in [-0.25, -0.2) is 8.42 Å². The van der Waals surface area contributed by atoms with Crippen LogP contribution in [0.15, 0.2) is 63.2 Å². The third-order valence-corrected chi connectivity index (χ3v) is 6.81. The number of halogens is 1. The van der Waals surface area contributed by atoms with Crippen LogP contribution in [0.25, 0.3) is 0 Å². The van der Waals surface area contributed by atoms with Gasteiger partial charge >= 0.3 is 0 Å². The summed E-state index contributed by atoms with van der Waals surface area (Å²) in [5, 5.41) is 7.23.